The van der Waals surface area contributed by atoms with Crippen LogP contribution in [0, 0.1) is 0 Å². The van der Waals surface area contributed by atoms with E-state index in [1.807, 2.05) is 0 Å². The molecule has 0 radical (unpaired) electrons. The smallest absolute Gasteiger partial charge is 0.0604 e. The molecule has 1 unspecified atom stereocenters. The van der Waals surface area contributed by atoms with Crippen LogP contribution in [0.4, 0.5) is 0 Å². The Kier molecular flexibility index (Phi) is 4.60. The molecular formula is C14H20BrNO. The van der Waals surface area contributed by atoms with Crippen LogP contribution in [0.25, 0.3) is 0 Å². The average molecular weight is 298 g/mol. The summed E-state index contributed by atoms with van der Waals surface area (Å²) in [5.41, 5.74) is 1.34. The maximum atomic E-state index is 5.56. The topological polar surface area (TPSA) is 21.3 Å². The first-order valence-electron chi connectivity index (χ1n) is 6.32. The molecule has 94 valence electrons. The van der Waals surface area contributed by atoms with Crippen molar-refractivity contribution in [2.75, 3.05) is 6.61 Å². The Labute approximate surface area is 112 Å². The lowest BCUT2D eigenvalue weighted by atomic mass is 9.88. The first kappa shape index (κ1) is 13.1. The van der Waals surface area contributed by atoms with Crippen LogP contribution in [-0.2, 0) is 4.74 Å². The standard InChI is InChI=1S/C14H20BrNO/c1-3-17-14-8-13(9-14)16-10(2)11-4-6-12(15)7-5-11/h4-7,10,13-14,16H,3,8-9H2,1-2H3. The normalized spacial score (nSPS) is 25.4. The summed E-state index contributed by atoms with van der Waals surface area (Å²) >= 11 is 3.46. The van der Waals surface area contributed by atoms with Gasteiger partial charge in [0.2, 0.25) is 0 Å². The molecular weight excluding hydrogens is 278 g/mol. The Balaban J connectivity index is 1.78. The van der Waals surface area contributed by atoms with Crippen LogP contribution in [0.1, 0.15) is 38.3 Å². The van der Waals surface area contributed by atoms with Gasteiger partial charge in [0, 0.05) is 23.2 Å². The summed E-state index contributed by atoms with van der Waals surface area (Å²) in [6.07, 6.45) is 2.78. The highest BCUT2D eigenvalue weighted by Gasteiger charge is 2.30. The Hall–Kier alpha value is -0.380. The monoisotopic (exact) mass is 297 g/mol. The van der Waals surface area contributed by atoms with E-state index in [2.05, 4.69) is 59.4 Å². The second-order valence-electron chi connectivity index (χ2n) is 4.69. The predicted molar refractivity (Wildman–Crippen MR) is 74.1 cm³/mol. The third-order valence-corrected chi connectivity index (χ3v) is 3.88. The molecule has 2 nitrogen and oxygen atoms in total. The minimum atomic E-state index is 0.413. The molecule has 1 atom stereocenters. The van der Waals surface area contributed by atoms with E-state index in [9.17, 15) is 0 Å². The van der Waals surface area contributed by atoms with Gasteiger partial charge in [-0.25, -0.2) is 0 Å². The molecule has 2 rings (SSSR count). The molecule has 17 heavy (non-hydrogen) atoms. The van der Waals surface area contributed by atoms with Crippen LogP contribution in [0.3, 0.4) is 0 Å². The van der Waals surface area contributed by atoms with Crippen molar-refractivity contribution < 1.29 is 4.74 Å². The lowest BCUT2D eigenvalue weighted by molar-refractivity contribution is -0.0120. The summed E-state index contributed by atoms with van der Waals surface area (Å²) in [6, 6.07) is 9.55. The highest BCUT2D eigenvalue weighted by Crippen LogP contribution is 2.26. The molecule has 0 saturated heterocycles. The van der Waals surface area contributed by atoms with Crippen molar-refractivity contribution in [1.29, 1.82) is 0 Å². The molecule has 0 aromatic heterocycles. The average Bonchev–Trinajstić information content (AvgIpc) is 2.27. The molecule has 1 fully saturated rings. The molecule has 1 N–H and O–H groups in total. The van der Waals surface area contributed by atoms with Gasteiger partial charge in [0.1, 0.15) is 0 Å². The van der Waals surface area contributed by atoms with E-state index < -0.39 is 0 Å². The second kappa shape index (κ2) is 5.98. The minimum Gasteiger partial charge on any atom is -0.378 e. The fourth-order valence-electron chi connectivity index (χ4n) is 2.27. The van der Waals surface area contributed by atoms with E-state index in [-0.39, 0.29) is 0 Å². The molecule has 1 saturated carbocycles. The highest BCUT2D eigenvalue weighted by molar-refractivity contribution is 9.10. The summed E-state index contributed by atoms with van der Waals surface area (Å²) < 4.78 is 6.70. The number of hydrogen-bond donors (Lipinski definition) is 1. The van der Waals surface area contributed by atoms with Gasteiger partial charge < -0.3 is 10.1 Å². The maximum Gasteiger partial charge on any atom is 0.0604 e. The SMILES string of the molecule is CCOC1CC(NC(C)c2ccc(Br)cc2)C1. The lowest BCUT2D eigenvalue weighted by Gasteiger charge is -2.37. The second-order valence-corrected chi connectivity index (χ2v) is 5.60. The molecule has 3 heteroatoms. The van der Waals surface area contributed by atoms with Crippen LogP contribution in [-0.4, -0.2) is 18.8 Å². The number of rotatable bonds is 5. The summed E-state index contributed by atoms with van der Waals surface area (Å²) in [6.45, 7) is 5.11. The molecule has 0 aliphatic heterocycles. The van der Waals surface area contributed by atoms with E-state index in [0.717, 1.165) is 23.9 Å². The number of nitrogens with one attached hydrogen (secondary N) is 1. The van der Waals surface area contributed by atoms with Gasteiger partial charge in [-0.1, -0.05) is 28.1 Å². The third kappa shape index (κ3) is 3.54. The van der Waals surface area contributed by atoms with Gasteiger partial charge in [0.05, 0.1) is 6.10 Å². The van der Waals surface area contributed by atoms with Gasteiger partial charge in [-0.15, -0.1) is 0 Å². The summed E-state index contributed by atoms with van der Waals surface area (Å²) in [5, 5.41) is 3.65. The van der Waals surface area contributed by atoms with Crippen LogP contribution < -0.4 is 5.32 Å². The quantitative estimate of drug-likeness (QED) is 0.895. The molecule has 1 aromatic rings. The van der Waals surface area contributed by atoms with Crippen LogP contribution in [0.5, 0.6) is 0 Å². The summed E-state index contributed by atoms with van der Waals surface area (Å²) in [5.74, 6) is 0. The van der Waals surface area contributed by atoms with Crippen LogP contribution in [0.2, 0.25) is 0 Å². The van der Waals surface area contributed by atoms with E-state index in [1.165, 1.54) is 5.56 Å². The van der Waals surface area contributed by atoms with Gasteiger partial charge in [0.25, 0.3) is 0 Å². The van der Waals surface area contributed by atoms with Crippen molar-refractivity contribution in [2.24, 2.45) is 0 Å². The van der Waals surface area contributed by atoms with Crippen molar-refractivity contribution >= 4 is 15.9 Å². The Morgan fingerprint density at radius 2 is 2.00 bits per heavy atom. The van der Waals surface area contributed by atoms with Crippen molar-refractivity contribution in [3.63, 3.8) is 0 Å². The highest BCUT2D eigenvalue weighted by atomic mass is 79.9. The summed E-state index contributed by atoms with van der Waals surface area (Å²) in [4.78, 5) is 0. The molecule has 0 amide bonds. The number of ether oxygens (including phenoxy) is 1. The van der Waals surface area contributed by atoms with Crippen molar-refractivity contribution in [2.45, 2.75) is 44.9 Å². The maximum absolute atomic E-state index is 5.56. The van der Waals surface area contributed by atoms with E-state index in [0.29, 0.717) is 18.2 Å². The summed E-state index contributed by atoms with van der Waals surface area (Å²) in [7, 11) is 0. The Morgan fingerprint density at radius 3 is 2.59 bits per heavy atom. The number of benzene rings is 1. The van der Waals surface area contributed by atoms with Crippen molar-refractivity contribution in [1.82, 2.24) is 5.32 Å². The van der Waals surface area contributed by atoms with Crippen molar-refractivity contribution in [3.05, 3.63) is 34.3 Å². The first-order valence-corrected chi connectivity index (χ1v) is 7.11. The largest absolute Gasteiger partial charge is 0.378 e. The number of halogens is 1. The third-order valence-electron chi connectivity index (χ3n) is 3.35. The zero-order valence-electron chi connectivity index (χ0n) is 10.4. The molecule has 0 spiro atoms. The zero-order chi connectivity index (χ0) is 12.3. The molecule has 1 aliphatic carbocycles. The fraction of sp³-hybridized carbons (Fsp3) is 0.571. The Morgan fingerprint density at radius 1 is 1.35 bits per heavy atom. The predicted octanol–water partition coefficient (Wildman–Crippen LogP) is 3.67. The minimum absolute atomic E-state index is 0.413. The van der Waals surface area contributed by atoms with Gasteiger partial charge in [-0.2, -0.15) is 0 Å². The molecule has 1 aliphatic rings. The fourth-order valence-corrected chi connectivity index (χ4v) is 2.54. The van der Waals surface area contributed by atoms with Gasteiger partial charge in [-0.3, -0.25) is 0 Å². The Bertz CT molecular complexity index is 346. The van der Waals surface area contributed by atoms with Gasteiger partial charge in [-0.05, 0) is 44.4 Å². The van der Waals surface area contributed by atoms with Crippen molar-refractivity contribution in [3.8, 4) is 0 Å². The zero-order valence-corrected chi connectivity index (χ0v) is 12.0. The van der Waals surface area contributed by atoms with E-state index in [4.69, 9.17) is 4.74 Å². The van der Waals surface area contributed by atoms with Crippen LogP contribution in [0.15, 0.2) is 28.7 Å². The molecule has 0 bridgehead atoms. The van der Waals surface area contributed by atoms with Gasteiger partial charge >= 0.3 is 0 Å². The van der Waals surface area contributed by atoms with E-state index in [1.54, 1.807) is 0 Å². The van der Waals surface area contributed by atoms with Crippen LogP contribution >= 0.6 is 15.9 Å². The first-order chi connectivity index (χ1) is 8.19. The number of hydrogen-bond acceptors (Lipinski definition) is 2. The van der Waals surface area contributed by atoms with Gasteiger partial charge in [0.15, 0.2) is 0 Å². The van der Waals surface area contributed by atoms with E-state index >= 15 is 0 Å². The molecule has 0 heterocycles. The lowest BCUT2D eigenvalue weighted by Crippen LogP contribution is -2.46. The molecule has 1 aromatic carbocycles.